The third-order valence-electron chi connectivity index (χ3n) is 3.40. The lowest BCUT2D eigenvalue weighted by Crippen LogP contribution is -2.02. The summed E-state index contributed by atoms with van der Waals surface area (Å²) in [6.07, 6.45) is 7.02. The monoisotopic (exact) mass is 236 g/mol. The zero-order valence-corrected chi connectivity index (χ0v) is 10.2. The summed E-state index contributed by atoms with van der Waals surface area (Å²) >= 11 is 5.86. The zero-order chi connectivity index (χ0) is 11.4. The molecule has 0 radical (unpaired) electrons. The summed E-state index contributed by atoms with van der Waals surface area (Å²) in [5.41, 5.74) is 0.755. The maximum absolute atomic E-state index is 11.9. The molecule has 0 aliphatic heterocycles. The van der Waals surface area contributed by atoms with Crippen LogP contribution in [0.15, 0.2) is 24.3 Å². The molecule has 0 amide bonds. The van der Waals surface area contributed by atoms with Gasteiger partial charge in [0.05, 0.1) is 0 Å². The average molecular weight is 237 g/mol. The van der Waals surface area contributed by atoms with Crippen molar-refractivity contribution < 1.29 is 4.79 Å². The highest BCUT2D eigenvalue weighted by Crippen LogP contribution is 2.29. The predicted octanol–water partition coefficient (Wildman–Crippen LogP) is 4.49. The lowest BCUT2D eigenvalue weighted by molar-refractivity contribution is 0.0974. The summed E-state index contributed by atoms with van der Waals surface area (Å²) in [5, 5.41) is 0.645. The van der Waals surface area contributed by atoms with Gasteiger partial charge >= 0.3 is 0 Å². The number of rotatable bonds is 4. The zero-order valence-electron chi connectivity index (χ0n) is 9.42. The molecule has 0 spiro atoms. The second-order valence-electron chi connectivity index (χ2n) is 4.62. The van der Waals surface area contributed by atoms with Crippen molar-refractivity contribution in [2.75, 3.05) is 0 Å². The predicted molar refractivity (Wildman–Crippen MR) is 67.0 cm³/mol. The minimum atomic E-state index is 0.231. The third kappa shape index (κ3) is 3.08. The normalized spacial score (nSPS) is 16.6. The van der Waals surface area contributed by atoms with Crippen molar-refractivity contribution in [1.82, 2.24) is 0 Å². The van der Waals surface area contributed by atoms with E-state index >= 15 is 0 Å². The number of hydrogen-bond acceptors (Lipinski definition) is 1. The Kier molecular flexibility index (Phi) is 4.00. The van der Waals surface area contributed by atoms with Crippen LogP contribution in [0.2, 0.25) is 5.02 Å². The van der Waals surface area contributed by atoms with Crippen molar-refractivity contribution in [1.29, 1.82) is 0 Å². The number of hydrogen-bond donors (Lipinski definition) is 0. The fourth-order valence-electron chi connectivity index (χ4n) is 2.44. The molecule has 1 aromatic rings. The molecule has 0 saturated heterocycles. The van der Waals surface area contributed by atoms with Crippen molar-refractivity contribution in [3.8, 4) is 0 Å². The Bertz CT molecular complexity index is 367. The van der Waals surface area contributed by atoms with Crippen LogP contribution in [0.1, 0.15) is 48.9 Å². The number of Topliss-reactive ketones (excluding diaryl/α,β-unsaturated/α-hetero) is 1. The molecular formula is C14H17ClO. The van der Waals surface area contributed by atoms with Gasteiger partial charge in [0.1, 0.15) is 0 Å². The molecule has 2 heteroatoms. The van der Waals surface area contributed by atoms with E-state index in [1.54, 1.807) is 12.1 Å². The molecule has 16 heavy (non-hydrogen) atoms. The molecule has 1 aliphatic rings. The molecule has 86 valence electrons. The number of ketones is 1. The van der Waals surface area contributed by atoms with Crippen LogP contribution in [-0.2, 0) is 0 Å². The topological polar surface area (TPSA) is 17.1 Å². The molecular weight excluding hydrogens is 220 g/mol. The van der Waals surface area contributed by atoms with Crippen LogP contribution in [0.3, 0.4) is 0 Å². The van der Waals surface area contributed by atoms with E-state index in [2.05, 4.69) is 0 Å². The maximum Gasteiger partial charge on any atom is 0.162 e. The second-order valence-corrected chi connectivity index (χ2v) is 5.06. The highest BCUT2D eigenvalue weighted by Gasteiger charge is 2.16. The summed E-state index contributed by atoms with van der Waals surface area (Å²) < 4.78 is 0. The van der Waals surface area contributed by atoms with Gasteiger partial charge < -0.3 is 0 Å². The van der Waals surface area contributed by atoms with Crippen LogP contribution in [0.5, 0.6) is 0 Å². The summed E-state index contributed by atoms with van der Waals surface area (Å²) in [4.78, 5) is 11.9. The lowest BCUT2D eigenvalue weighted by Gasteiger charge is -2.07. The summed E-state index contributed by atoms with van der Waals surface area (Å²) in [7, 11) is 0. The summed E-state index contributed by atoms with van der Waals surface area (Å²) in [6, 6.07) is 7.25. The first-order valence-corrected chi connectivity index (χ1v) is 6.42. The van der Waals surface area contributed by atoms with E-state index in [1.807, 2.05) is 12.1 Å². The molecule has 0 aromatic heterocycles. The van der Waals surface area contributed by atoms with Gasteiger partial charge in [-0.05, 0) is 24.5 Å². The van der Waals surface area contributed by atoms with Gasteiger partial charge in [0.25, 0.3) is 0 Å². The molecule has 0 N–H and O–H groups in total. The molecule has 1 aromatic carbocycles. The Labute approximate surface area is 102 Å². The van der Waals surface area contributed by atoms with Crippen molar-refractivity contribution in [3.63, 3.8) is 0 Å². The van der Waals surface area contributed by atoms with Crippen molar-refractivity contribution >= 4 is 17.4 Å². The van der Waals surface area contributed by atoms with Crippen LogP contribution in [-0.4, -0.2) is 5.78 Å². The number of carbonyl (C=O) groups excluding carboxylic acids is 1. The fourth-order valence-corrected chi connectivity index (χ4v) is 2.63. The Morgan fingerprint density at radius 3 is 2.75 bits per heavy atom. The number of benzene rings is 1. The highest BCUT2D eigenvalue weighted by atomic mass is 35.5. The summed E-state index contributed by atoms with van der Waals surface area (Å²) in [5.74, 6) is 1.01. The molecule has 0 atom stereocenters. The quantitative estimate of drug-likeness (QED) is 0.704. The number of halogens is 1. The van der Waals surface area contributed by atoms with E-state index < -0.39 is 0 Å². The van der Waals surface area contributed by atoms with Crippen LogP contribution in [0.25, 0.3) is 0 Å². The maximum atomic E-state index is 11.9. The molecule has 0 heterocycles. The smallest absolute Gasteiger partial charge is 0.162 e. The molecule has 0 unspecified atom stereocenters. The van der Waals surface area contributed by atoms with Gasteiger partial charge in [0.2, 0.25) is 0 Å². The Hall–Kier alpha value is -0.820. The van der Waals surface area contributed by atoms with Crippen molar-refractivity contribution in [2.45, 2.75) is 38.5 Å². The van der Waals surface area contributed by atoms with E-state index in [9.17, 15) is 4.79 Å². The van der Waals surface area contributed by atoms with Crippen molar-refractivity contribution in [2.24, 2.45) is 5.92 Å². The average Bonchev–Trinajstić information content (AvgIpc) is 2.78. The first kappa shape index (κ1) is 11.7. The van der Waals surface area contributed by atoms with E-state index in [1.165, 1.54) is 25.7 Å². The van der Waals surface area contributed by atoms with E-state index in [0.29, 0.717) is 11.4 Å². The van der Waals surface area contributed by atoms with Gasteiger partial charge in [0.15, 0.2) is 5.78 Å². The first-order valence-electron chi connectivity index (χ1n) is 6.04. The van der Waals surface area contributed by atoms with Gasteiger partial charge in [-0.2, -0.15) is 0 Å². The minimum Gasteiger partial charge on any atom is -0.294 e. The van der Waals surface area contributed by atoms with Crippen LogP contribution < -0.4 is 0 Å². The van der Waals surface area contributed by atoms with Gasteiger partial charge in [0, 0.05) is 17.0 Å². The van der Waals surface area contributed by atoms with E-state index in [4.69, 9.17) is 11.6 Å². The van der Waals surface area contributed by atoms with Gasteiger partial charge in [-0.1, -0.05) is 49.4 Å². The molecule has 1 nitrogen and oxygen atoms in total. The Morgan fingerprint density at radius 2 is 2.06 bits per heavy atom. The summed E-state index contributed by atoms with van der Waals surface area (Å²) in [6.45, 7) is 0. The van der Waals surface area contributed by atoms with E-state index in [-0.39, 0.29) is 5.78 Å². The molecule has 2 rings (SSSR count). The Balaban J connectivity index is 1.87. The molecule has 1 aliphatic carbocycles. The van der Waals surface area contributed by atoms with Gasteiger partial charge in [-0.15, -0.1) is 0 Å². The first-order chi connectivity index (χ1) is 7.75. The standard InChI is InChI=1S/C14H17ClO/c15-13-7-3-6-12(10-13)14(16)9-8-11-4-1-2-5-11/h3,6-7,10-11H,1-2,4-5,8-9H2. The highest BCUT2D eigenvalue weighted by molar-refractivity contribution is 6.31. The Morgan fingerprint density at radius 1 is 1.31 bits per heavy atom. The van der Waals surface area contributed by atoms with Crippen LogP contribution in [0, 0.1) is 5.92 Å². The molecule has 1 saturated carbocycles. The van der Waals surface area contributed by atoms with E-state index in [0.717, 1.165) is 17.9 Å². The van der Waals surface area contributed by atoms with Gasteiger partial charge in [-0.3, -0.25) is 4.79 Å². The van der Waals surface area contributed by atoms with Crippen LogP contribution in [0.4, 0.5) is 0 Å². The second kappa shape index (κ2) is 5.49. The molecule has 0 bridgehead atoms. The minimum absolute atomic E-state index is 0.231. The third-order valence-corrected chi connectivity index (χ3v) is 3.64. The van der Waals surface area contributed by atoms with Crippen molar-refractivity contribution in [3.05, 3.63) is 34.9 Å². The molecule has 1 fully saturated rings. The largest absolute Gasteiger partial charge is 0.294 e. The lowest BCUT2D eigenvalue weighted by atomic mass is 9.97. The number of carbonyl (C=O) groups is 1. The SMILES string of the molecule is O=C(CCC1CCCC1)c1cccc(Cl)c1. The fraction of sp³-hybridized carbons (Fsp3) is 0.500. The van der Waals surface area contributed by atoms with Gasteiger partial charge in [-0.25, -0.2) is 0 Å². The van der Waals surface area contributed by atoms with Crippen LogP contribution >= 0.6 is 11.6 Å².